The number of carbonyl (C=O) groups excluding carboxylic acids is 1. The monoisotopic (exact) mass is 436 g/mol. The first-order chi connectivity index (χ1) is 13.9. The molecule has 0 fully saturated rings. The van der Waals surface area contributed by atoms with Crippen molar-refractivity contribution in [3.8, 4) is 11.1 Å². The first-order valence-corrected chi connectivity index (χ1v) is 10.1. The summed E-state index contributed by atoms with van der Waals surface area (Å²) in [4.78, 5) is 29.5. The van der Waals surface area contributed by atoms with Gasteiger partial charge in [-0.3, -0.25) is 13.9 Å². The van der Waals surface area contributed by atoms with Gasteiger partial charge in [-0.1, -0.05) is 36.5 Å². The molecule has 0 bridgehead atoms. The minimum absolute atomic E-state index is 0.0984. The summed E-state index contributed by atoms with van der Waals surface area (Å²) in [5.74, 6) is -0.254. The van der Waals surface area contributed by atoms with Crippen LogP contribution in [0.2, 0.25) is 10.0 Å². The number of nitrogens with one attached hydrogen (secondary N) is 1. The Morgan fingerprint density at radius 3 is 2.52 bits per heavy atom. The number of aliphatic hydroxyl groups excluding tert-OH is 1. The highest BCUT2D eigenvalue weighted by atomic mass is 35.5. The molecule has 7 nitrogen and oxygen atoms in total. The average Bonchev–Trinajstić information content (AvgIpc) is 2.93. The normalized spacial score (nSPS) is 11.2. The van der Waals surface area contributed by atoms with E-state index in [1.54, 1.807) is 30.5 Å². The van der Waals surface area contributed by atoms with E-state index in [1.165, 1.54) is 9.13 Å². The zero-order valence-corrected chi connectivity index (χ0v) is 17.5. The summed E-state index contributed by atoms with van der Waals surface area (Å²) in [7, 11) is 0. The smallest absolute Gasteiger partial charge is 0.330 e. The molecule has 0 unspecified atom stereocenters. The Balaban J connectivity index is 2.04. The van der Waals surface area contributed by atoms with E-state index in [4.69, 9.17) is 23.2 Å². The van der Waals surface area contributed by atoms with Crippen molar-refractivity contribution in [2.75, 3.05) is 13.2 Å². The summed E-state index contributed by atoms with van der Waals surface area (Å²) in [5, 5.41) is 13.2. The number of pyridine rings is 1. The van der Waals surface area contributed by atoms with E-state index in [2.05, 4.69) is 10.3 Å². The highest BCUT2D eigenvalue weighted by molar-refractivity contribution is 6.35. The van der Waals surface area contributed by atoms with Crippen LogP contribution in [-0.4, -0.2) is 38.3 Å². The number of aromatic nitrogens is 3. The Kier molecular flexibility index (Phi) is 6.95. The Morgan fingerprint density at radius 1 is 1.14 bits per heavy atom. The van der Waals surface area contributed by atoms with Gasteiger partial charge < -0.3 is 10.4 Å². The lowest BCUT2D eigenvalue weighted by atomic mass is 10.1. The summed E-state index contributed by atoms with van der Waals surface area (Å²) in [6.07, 6.45) is 3.45. The zero-order valence-electron chi connectivity index (χ0n) is 16.0. The Bertz CT molecular complexity index is 1070. The number of unbranched alkanes of at least 4 members (excludes halogenated alkanes) is 1. The second kappa shape index (κ2) is 9.43. The van der Waals surface area contributed by atoms with Crippen molar-refractivity contribution in [1.82, 2.24) is 19.4 Å². The molecule has 1 amide bonds. The Morgan fingerprint density at radius 2 is 1.86 bits per heavy atom. The van der Waals surface area contributed by atoms with Crippen LogP contribution >= 0.6 is 23.2 Å². The summed E-state index contributed by atoms with van der Waals surface area (Å²) in [6.45, 7) is 2.35. The first kappa shape index (κ1) is 21.4. The molecule has 0 saturated heterocycles. The number of halogens is 2. The maximum Gasteiger partial charge on any atom is 0.330 e. The third-order valence-corrected chi connectivity index (χ3v) is 4.97. The van der Waals surface area contributed by atoms with Crippen molar-refractivity contribution in [2.45, 2.75) is 32.9 Å². The second-order valence-electron chi connectivity index (χ2n) is 6.67. The topological polar surface area (TPSA) is 89.2 Å². The van der Waals surface area contributed by atoms with Gasteiger partial charge in [0.2, 0.25) is 5.91 Å². The van der Waals surface area contributed by atoms with Gasteiger partial charge in [-0.25, -0.2) is 9.78 Å². The number of aliphatic hydroxyl groups is 1. The van der Waals surface area contributed by atoms with E-state index in [9.17, 15) is 14.7 Å². The largest absolute Gasteiger partial charge is 0.395 e. The molecule has 0 atom stereocenters. The minimum Gasteiger partial charge on any atom is -0.395 e. The molecular weight excluding hydrogens is 415 g/mol. The van der Waals surface area contributed by atoms with Gasteiger partial charge in [0, 0.05) is 28.4 Å². The quantitative estimate of drug-likeness (QED) is 0.530. The van der Waals surface area contributed by atoms with E-state index in [0.29, 0.717) is 27.8 Å². The number of carbonyl (C=O) groups is 1. The third kappa shape index (κ3) is 4.80. The highest BCUT2D eigenvalue weighted by Crippen LogP contribution is 2.28. The average molecular weight is 437 g/mol. The lowest BCUT2D eigenvalue weighted by molar-refractivity contribution is -0.121. The molecule has 3 aromatic rings. The number of imidazole rings is 1. The predicted octanol–water partition coefficient (Wildman–Crippen LogP) is 3.08. The van der Waals surface area contributed by atoms with Crippen LogP contribution in [0.25, 0.3) is 22.3 Å². The fourth-order valence-corrected chi connectivity index (χ4v) is 3.66. The lowest BCUT2D eigenvalue weighted by Gasteiger charge is -2.06. The minimum atomic E-state index is -0.395. The van der Waals surface area contributed by atoms with Crippen molar-refractivity contribution in [1.29, 1.82) is 0 Å². The molecule has 0 saturated carbocycles. The van der Waals surface area contributed by atoms with E-state index in [-0.39, 0.29) is 25.6 Å². The fraction of sp³-hybridized carbons (Fsp3) is 0.350. The highest BCUT2D eigenvalue weighted by Gasteiger charge is 2.17. The number of rotatable bonds is 8. The van der Waals surface area contributed by atoms with Crippen LogP contribution in [0.4, 0.5) is 0 Å². The van der Waals surface area contributed by atoms with Gasteiger partial charge in [0.05, 0.1) is 18.7 Å². The molecule has 0 aliphatic carbocycles. The predicted molar refractivity (Wildman–Crippen MR) is 114 cm³/mol. The van der Waals surface area contributed by atoms with Crippen LogP contribution in [0.15, 0.2) is 35.3 Å². The number of hydrogen-bond donors (Lipinski definition) is 2. The van der Waals surface area contributed by atoms with Crippen molar-refractivity contribution in [3.05, 3.63) is 51.0 Å². The van der Waals surface area contributed by atoms with E-state index in [0.717, 1.165) is 24.0 Å². The van der Waals surface area contributed by atoms with Gasteiger partial charge in [-0.2, -0.15) is 0 Å². The van der Waals surface area contributed by atoms with Crippen LogP contribution in [0.1, 0.15) is 19.8 Å². The van der Waals surface area contributed by atoms with Gasteiger partial charge in [0.25, 0.3) is 0 Å². The third-order valence-electron chi connectivity index (χ3n) is 4.53. The van der Waals surface area contributed by atoms with Gasteiger partial charge >= 0.3 is 5.69 Å². The van der Waals surface area contributed by atoms with E-state index in [1.807, 2.05) is 6.92 Å². The Hall–Kier alpha value is -2.35. The van der Waals surface area contributed by atoms with Crippen molar-refractivity contribution >= 4 is 40.3 Å². The van der Waals surface area contributed by atoms with Gasteiger partial charge in [0.15, 0.2) is 5.65 Å². The molecule has 29 heavy (non-hydrogen) atoms. The first-order valence-electron chi connectivity index (χ1n) is 9.37. The number of benzene rings is 1. The summed E-state index contributed by atoms with van der Waals surface area (Å²) < 4.78 is 2.73. The molecule has 3 rings (SSSR count). The van der Waals surface area contributed by atoms with Crippen molar-refractivity contribution in [3.63, 3.8) is 0 Å². The standard InChI is InChI=1S/C20H22Cl2N4O3/c1-2-3-4-23-18(28)12-26-19-17(25(5-6-27)20(26)29)9-14(11-24-19)13-7-15(21)10-16(22)8-13/h7-11,27H,2-6,12H2,1H3,(H,23,28). The summed E-state index contributed by atoms with van der Waals surface area (Å²) in [5.41, 5.74) is 1.99. The van der Waals surface area contributed by atoms with E-state index >= 15 is 0 Å². The zero-order chi connectivity index (χ0) is 21.0. The van der Waals surface area contributed by atoms with Crippen LogP contribution in [0.3, 0.4) is 0 Å². The van der Waals surface area contributed by atoms with Crippen LogP contribution in [0.5, 0.6) is 0 Å². The molecule has 154 valence electrons. The molecule has 9 heteroatoms. The summed E-state index contributed by atoms with van der Waals surface area (Å²) in [6, 6.07) is 6.92. The number of nitrogens with zero attached hydrogens (tertiary/aromatic N) is 3. The molecule has 0 aliphatic heterocycles. The van der Waals surface area contributed by atoms with Gasteiger partial charge in [-0.15, -0.1) is 0 Å². The number of hydrogen-bond acceptors (Lipinski definition) is 4. The number of amides is 1. The molecule has 2 heterocycles. The maximum atomic E-state index is 12.9. The molecule has 0 spiro atoms. The van der Waals surface area contributed by atoms with E-state index < -0.39 is 5.69 Å². The molecule has 2 N–H and O–H groups in total. The lowest BCUT2D eigenvalue weighted by Crippen LogP contribution is -2.33. The van der Waals surface area contributed by atoms with Crippen molar-refractivity contribution < 1.29 is 9.90 Å². The maximum absolute atomic E-state index is 12.9. The fourth-order valence-electron chi connectivity index (χ4n) is 3.13. The van der Waals surface area contributed by atoms with Crippen LogP contribution in [0, 0.1) is 0 Å². The van der Waals surface area contributed by atoms with Gasteiger partial charge in [0.1, 0.15) is 6.54 Å². The molecule has 0 radical (unpaired) electrons. The van der Waals surface area contributed by atoms with Crippen LogP contribution in [-0.2, 0) is 17.9 Å². The molecule has 2 aromatic heterocycles. The van der Waals surface area contributed by atoms with Crippen molar-refractivity contribution in [2.24, 2.45) is 0 Å². The van der Waals surface area contributed by atoms with Gasteiger partial charge in [-0.05, 0) is 36.2 Å². The SMILES string of the molecule is CCCCNC(=O)Cn1c(=O)n(CCO)c2cc(-c3cc(Cl)cc(Cl)c3)cnc21. The molecular formula is C20H22Cl2N4O3. The van der Waals surface area contributed by atoms with Crippen LogP contribution < -0.4 is 11.0 Å². The number of fused-ring (bicyclic) bond motifs is 1. The summed E-state index contributed by atoms with van der Waals surface area (Å²) >= 11 is 12.2. The second-order valence-corrected chi connectivity index (χ2v) is 7.55. The Labute approximate surface area is 177 Å². The molecule has 0 aliphatic rings. The molecule has 1 aromatic carbocycles.